The molecule has 1 aromatic heterocycles. The zero-order valence-corrected chi connectivity index (χ0v) is 13.1. The number of hydrogen-bond donors (Lipinski definition) is 2. The van der Waals surface area contributed by atoms with E-state index < -0.39 is 0 Å². The van der Waals surface area contributed by atoms with E-state index in [4.69, 9.17) is 0 Å². The number of piperidine rings is 1. The molecule has 1 aromatic rings. The number of carbonyl (C=O) groups is 1. The van der Waals surface area contributed by atoms with Crippen LogP contribution >= 0.6 is 0 Å². The molecule has 1 aliphatic heterocycles. The number of aromatic nitrogens is 2. The predicted octanol–water partition coefficient (Wildman–Crippen LogP) is 1.67. The number of nitrogens with zero attached hydrogens (tertiary/aromatic N) is 3. The van der Waals surface area contributed by atoms with Gasteiger partial charge in [-0.15, -0.1) is 0 Å². The van der Waals surface area contributed by atoms with E-state index in [1.807, 2.05) is 0 Å². The van der Waals surface area contributed by atoms with Crippen molar-refractivity contribution in [3.05, 3.63) is 18.2 Å². The summed E-state index contributed by atoms with van der Waals surface area (Å²) in [5.74, 6) is 1.67. The molecule has 6 nitrogen and oxygen atoms in total. The van der Waals surface area contributed by atoms with Crippen molar-refractivity contribution >= 4 is 6.03 Å². The van der Waals surface area contributed by atoms with Gasteiger partial charge in [0, 0.05) is 26.0 Å². The Bertz CT molecular complexity index is 412. The second-order valence-electron chi connectivity index (χ2n) is 6.00. The molecule has 1 fully saturated rings. The Morgan fingerprint density at radius 3 is 2.95 bits per heavy atom. The number of likely N-dealkylation sites (tertiary alicyclic amines) is 1. The molecular formula is C15H27N5O. The highest BCUT2D eigenvalue weighted by Crippen LogP contribution is 2.15. The van der Waals surface area contributed by atoms with Gasteiger partial charge in [0.2, 0.25) is 0 Å². The minimum atomic E-state index is -0.0429. The normalized spacial score (nSPS) is 16.9. The summed E-state index contributed by atoms with van der Waals surface area (Å²) in [7, 11) is 1.78. The maximum absolute atomic E-state index is 11.9. The molecule has 0 unspecified atom stereocenters. The lowest BCUT2D eigenvalue weighted by Crippen LogP contribution is -2.39. The number of amides is 2. The monoisotopic (exact) mass is 293 g/mol. The van der Waals surface area contributed by atoms with Gasteiger partial charge in [0.1, 0.15) is 5.82 Å². The summed E-state index contributed by atoms with van der Waals surface area (Å²) in [6, 6.07) is -0.0429. The average Bonchev–Trinajstić information content (AvgIpc) is 2.98. The lowest BCUT2D eigenvalue weighted by Gasteiger charge is -2.30. The number of urea groups is 1. The molecule has 0 aliphatic carbocycles. The van der Waals surface area contributed by atoms with Gasteiger partial charge >= 0.3 is 6.03 Å². The van der Waals surface area contributed by atoms with Crippen molar-refractivity contribution in [2.75, 3.05) is 33.2 Å². The largest absolute Gasteiger partial charge is 0.347 e. The van der Waals surface area contributed by atoms with Crippen LogP contribution in [0.5, 0.6) is 0 Å². The molecule has 2 N–H and O–H groups in total. The molecule has 0 bridgehead atoms. The molecule has 2 rings (SSSR count). The van der Waals surface area contributed by atoms with Crippen molar-refractivity contribution in [1.29, 1.82) is 0 Å². The fraction of sp³-hybridized carbons (Fsp3) is 0.733. The van der Waals surface area contributed by atoms with E-state index in [1.54, 1.807) is 24.3 Å². The first-order valence-corrected chi connectivity index (χ1v) is 7.84. The molecule has 118 valence electrons. The van der Waals surface area contributed by atoms with Gasteiger partial charge in [-0.05, 0) is 44.8 Å². The molecule has 0 atom stereocenters. The van der Waals surface area contributed by atoms with Crippen LogP contribution in [0.4, 0.5) is 4.79 Å². The van der Waals surface area contributed by atoms with Crippen molar-refractivity contribution in [3.63, 3.8) is 0 Å². The number of carbonyl (C=O) groups excluding carboxylic acids is 1. The summed E-state index contributed by atoms with van der Waals surface area (Å²) in [4.78, 5) is 23.2. The number of imidazole rings is 1. The van der Waals surface area contributed by atoms with Crippen molar-refractivity contribution in [2.45, 2.75) is 32.7 Å². The van der Waals surface area contributed by atoms with Crippen LogP contribution in [0.1, 0.15) is 32.0 Å². The fourth-order valence-corrected chi connectivity index (χ4v) is 2.60. The van der Waals surface area contributed by atoms with Gasteiger partial charge < -0.3 is 20.1 Å². The zero-order valence-electron chi connectivity index (χ0n) is 13.1. The van der Waals surface area contributed by atoms with Crippen LogP contribution in [-0.4, -0.2) is 59.0 Å². The molecule has 1 saturated heterocycles. The van der Waals surface area contributed by atoms with Gasteiger partial charge in [-0.25, -0.2) is 9.78 Å². The molecular weight excluding hydrogens is 266 g/mol. The minimum Gasteiger partial charge on any atom is -0.347 e. The van der Waals surface area contributed by atoms with Crippen LogP contribution in [-0.2, 0) is 6.54 Å². The van der Waals surface area contributed by atoms with Crippen LogP contribution in [0.3, 0.4) is 0 Å². The first kappa shape index (κ1) is 15.8. The third kappa shape index (κ3) is 5.38. The average molecular weight is 293 g/mol. The van der Waals surface area contributed by atoms with Crippen LogP contribution in [0, 0.1) is 5.92 Å². The van der Waals surface area contributed by atoms with E-state index in [0.717, 1.165) is 31.3 Å². The van der Waals surface area contributed by atoms with Crippen LogP contribution < -0.4 is 5.32 Å². The summed E-state index contributed by atoms with van der Waals surface area (Å²) in [6.45, 7) is 7.04. The Kier molecular flexibility index (Phi) is 6.04. The summed E-state index contributed by atoms with van der Waals surface area (Å²) in [5.41, 5.74) is 0. The van der Waals surface area contributed by atoms with Crippen LogP contribution in [0.2, 0.25) is 0 Å². The second kappa shape index (κ2) is 8.02. The Morgan fingerprint density at radius 1 is 1.52 bits per heavy atom. The van der Waals surface area contributed by atoms with E-state index in [0.29, 0.717) is 6.54 Å². The Hall–Kier alpha value is -1.56. The number of aromatic amines is 1. The van der Waals surface area contributed by atoms with E-state index in [2.05, 4.69) is 27.1 Å². The summed E-state index contributed by atoms with van der Waals surface area (Å²) < 4.78 is 0. The third-order valence-electron chi connectivity index (χ3n) is 4.09. The lowest BCUT2D eigenvalue weighted by atomic mass is 9.99. The predicted molar refractivity (Wildman–Crippen MR) is 82.9 cm³/mol. The fourth-order valence-electron chi connectivity index (χ4n) is 2.60. The van der Waals surface area contributed by atoms with Crippen LogP contribution in [0.25, 0.3) is 0 Å². The number of hydrogen-bond acceptors (Lipinski definition) is 3. The number of nitrogens with one attached hydrogen (secondary N) is 2. The van der Waals surface area contributed by atoms with Crippen molar-refractivity contribution in [1.82, 2.24) is 25.1 Å². The molecule has 0 saturated carbocycles. The van der Waals surface area contributed by atoms with Crippen molar-refractivity contribution in [2.24, 2.45) is 5.92 Å². The summed E-state index contributed by atoms with van der Waals surface area (Å²) in [6.07, 6.45) is 7.08. The minimum absolute atomic E-state index is 0.0429. The van der Waals surface area contributed by atoms with E-state index in [-0.39, 0.29) is 6.03 Å². The topological polar surface area (TPSA) is 64.3 Å². The van der Waals surface area contributed by atoms with Crippen molar-refractivity contribution < 1.29 is 4.79 Å². The maximum atomic E-state index is 11.9. The third-order valence-corrected chi connectivity index (χ3v) is 4.09. The molecule has 2 heterocycles. The molecule has 1 aliphatic rings. The number of rotatable bonds is 6. The highest BCUT2D eigenvalue weighted by molar-refractivity contribution is 5.73. The molecule has 0 aromatic carbocycles. The smallest absolute Gasteiger partial charge is 0.317 e. The van der Waals surface area contributed by atoms with Crippen LogP contribution in [0.15, 0.2) is 12.4 Å². The van der Waals surface area contributed by atoms with E-state index >= 15 is 0 Å². The van der Waals surface area contributed by atoms with Gasteiger partial charge in [0.25, 0.3) is 0 Å². The molecule has 21 heavy (non-hydrogen) atoms. The first-order valence-electron chi connectivity index (χ1n) is 7.84. The summed E-state index contributed by atoms with van der Waals surface area (Å²) >= 11 is 0. The van der Waals surface area contributed by atoms with E-state index in [9.17, 15) is 4.79 Å². The molecule has 2 amide bonds. The summed E-state index contributed by atoms with van der Waals surface area (Å²) in [5, 5.41) is 2.96. The molecule has 0 radical (unpaired) electrons. The van der Waals surface area contributed by atoms with Gasteiger partial charge in [-0.2, -0.15) is 0 Å². The lowest BCUT2D eigenvalue weighted by molar-refractivity contribution is 0.187. The first-order chi connectivity index (χ1) is 10.1. The number of H-pyrrole nitrogens is 1. The Labute approximate surface area is 126 Å². The Morgan fingerprint density at radius 2 is 2.29 bits per heavy atom. The van der Waals surface area contributed by atoms with Gasteiger partial charge in [-0.3, -0.25) is 0 Å². The highest BCUT2D eigenvalue weighted by atomic mass is 16.2. The Balaban J connectivity index is 1.56. The zero-order chi connectivity index (χ0) is 15.1. The highest BCUT2D eigenvalue weighted by Gasteiger charge is 2.15. The second-order valence-corrected chi connectivity index (χ2v) is 6.00. The SMILES string of the molecule is CC1CCN(CCCNC(=O)N(C)Cc2ncc[nH]2)CC1. The van der Waals surface area contributed by atoms with Gasteiger partial charge in [-0.1, -0.05) is 6.92 Å². The maximum Gasteiger partial charge on any atom is 0.317 e. The van der Waals surface area contributed by atoms with Gasteiger partial charge in [0.15, 0.2) is 0 Å². The molecule has 0 spiro atoms. The quantitative estimate of drug-likeness (QED) is 0.784. The van der Waals surface area contributed by atoms with Crippen molar-refractivity contribution in [3.8, 4) is 0 Å². The van der Waals surface area contributed by atoms with Gasteiger partial charge in [0.05, 0.1) is 6.54 Å². The standard InChI is InChI=1S/C15H27N5O/c1-13-4-10-20(11-5-13)9-3-6-18-15(21)19(2)12-14-16-7-8-17-14/h7-8,13H,3-6,9-12H2,1-2H3,(H,16,17)(H,18,21). The molecule has 6 heteroatoms. The van der Waals surface area contributed by atoms with E-state index in [1.165, 1.54) is 25.9 Å².